The Morgan fingerprint density at radius 2 is 1.42 bits per heavy atom. The van der Waals surface area contributed by atoms with E-state index in [2.05, 4.69) is 6.92 Å². The third kappa shape index (κ3) is 13.5. The van der Waals surface area contributed by atoms with Gasteiger partial charge in [-0.2, -0.15) is 8.42 Å². The van der Waals surface area contributed by atoms with Gasteiger partial charge in [0.1, 0.15) is 19.8 Å². The summed E-state index contributed by atoms with van der Waals surface area (Å²) in [5.41, 5.74) is -1.43. The van der Waals surface area contributed by atoms with Crippen LogP contribution < -0.4 is 0 Å². The number of esters is 3. The summed E-state index contributed by atoms with van der Waals surface area (Å²) in [5, 5.41) is 7.71. The first-order valence-corrected chi connectivity index (χ1v) is 14.7. The van der Waals surface area contributed by atoms with Gasteiger partial charge in [-0.05, 0) is 6.42 Å². The zero-order valence-electron chi connectivity index (χ0n) is 21.6. The van der Waals surface area contributed by atoms with E-state index in [0.717, 1.165) is 19.3 Å². The lowest BCUT2D eigenvalue weighted by Crippen LogP contribution is -2.42. The number of ether oxygens (including phenoxy) is 3. The number of cyclic esters (lactones) is 2. The van der Waals surface area contributed by atoms with E-state index >= 15 is 0 Å². The molecule has 1 rings (SSSR count). The molecular formula is C25H44O10S. The Hall–Kier alpha value is -1.72. The fourth-order valence-corrected chi connectivity index (χ4v) is 4.58. The molecule has 0 aromatic carbocycles. The topological polar surface area (TPSA) is 154 Å². The van der Waals surface area contributed by atoms with Crippen molar-refractivity contribution in [1.82, 2.24) is 0 Å². The number of carbonyl (C=O) groups excluding carboxylic acids is 3. The van der Waals surface area contributed by atoms with Gasteiger partial charge in [0.05, 0.1) is 18.4 Å². The summed E-state index contributed by atoms with van der Waals surface area (Å²) in [7, 11) is -4.88. The van der Waals surface area contributed by atoms with Crippen LogP contribution in [0.3, 0.4) is 0 Å². The van der Waals surface area contributed by atoms with Gasteiger partial charge in [-0.3, -0.25) is 18.9 Å². The van der Waals surface area contributed by atoms with Gasteiger partial charge in [0, 0.05) is 6.42 Å². The summed E-state index contributed by atoms with van der Waals surface area (Å²) in [6.45, 7) is 0.212. The van der Waals surface area contributed by atoms with Crippen molar-refractivity contribution in [2.75, 3.05) is 26.4 Å². The highest BCUT2D eigenvalue weighted by atomic mass is 32.2. The van der Waals surface area contributed by atoms with Crippen LogP contribution in [0.15, 0.2) is 0 Å². The normalized spacial score (nSPS) is 21.1. The molecular weight excluding hydrogens is 492 g/mol. The zero-order valence-corrected chi connectivity index (χ0v) is 22.4. The van der Waals surface area contributed by atoms with E-state index in [0.29, 0.717) is 6.42 Å². The number of hydrogen-bond donors (Lipinski definition) is 2. The molecule has 10 nitrogen and oxygen atoms in total. The predicted molar refractivity (Wildman–Crippen MR) is 133 cm³/mol. The van der Waals surface area contributed by atoms with E-state index in [1.54, 1.807) is 0 Å². The maximum absolute atomic E-state index is 12.1. The van der Waals surface area contributed by atoms with Crippen LogP contribution in [0.5, 0.6) is 0 Å². The number of aliphatic hydroxyl groups is 1. The minimum atomic E-state index is -4.88. The van der Waals surface area contributed by atoms with Crippen molar-refractivity contribution in [3.8, 4) is 0 Å². The van der Waals surface area contributed by atoms with Gasteiger partial charge in [0.15, 0.2) is 5.25 Å². The Kier molecular flexibility index (Phi) is 15.9. The molecule has 1 heterocycles. The third-order valence-electron chi connectivity index (χ3n) is 6.39. The monoisotopic (exact) mass is 536 g/mol. The minimum absolute atomic E-state index is 0.198. The third-order valence-corrected chi connectivity index (χ3v) is 7.47. The molecule has 0 amide bonds. The average Bonchev–Trinajstić information content (AvgIpc) is 2.90. The van der Waals surface area contributed by atoms with Crippen LogP contribution in [0, 0.1) is 5.41 Å². The SMILES string of the molecule is CCCCCCCCCCCCCCCC(=O)OCC1(CO)COC(=O)CC(S(=O)(=O)O)C(=O)OC1. The lowest BCUT2D eigenvalue weighted by Gasteiger charge is -2.29. The predicted octanol–water partition coefficient (Wildman–Crippen LogP) is 3.74. The average molecular weight is 537 g/mol. The maximum atomic E-state index is 12.1. The number of unbranched alkanes of at least 4 members (excludes halogenated alkanes) is 12. The summed E-state index contributed by atoms with van der Waals surface area (Å²) in [6.07, 6.45) is 14.7. The Morgan fingerprint density at radius 1 is 0.917 bits per heavy atom. The number of carbonyl (C=O) groups is 3. The first kappa shape index (κ1) is 32.3. The molecule has 1 aliphatic heterocycles. The van der Waals surface area contributed by atoms with Crippen molar-refractivity contribution in [3.05, 3.63) is 0 Å². The highest BCUT2D eigenvalue weighted by Crippen LogP contribution is 2.23. The van der Waals surface area contributed by atoms with Gasteiger partial charge < -0.3 is 19.3 Å². The summed E-state index contributed by atoms with van der Waals surface area (Å²) in [6, 6.07) is 0. The summed E-state index contributed by atoms with van der Waals surface area (Å²) >= 11 is 0. The molecule has 2 atom stereocenters. The molecule has 0 aromatic heterocycles. The Balaban J connectivity index is 2.27. The van der Waals surface area contributed by atoms with Crippen LogP contribution in [-0.4, -0.2) is 67.7 Å². The Labute approximate surface area is 215 Å². The summed E-state index contributed by atoms with van der Waals surface area (Å²) in [5.74, 6) is -2.89. The fraction of sp³-hybridized carbons (Fsp3) is 0.880. The largest absolute Gasteiger partial charge is 0.465 e. The van der Waals surface area contributed by atoms with Gasteiger partial charge in [0.2, 0.25) is 0 Å². The highest BCUT2D eigenvalue weighted by molar-refractivity contribution is 7.87. The smallest absolute Gasteiger partial charge is 0.327 e. The van der Waals surface area contributed by atoms with Gasteiger partial charge in [-0.15, -0.1) is 0 Å². The van der Waals surface area contributed by atoms with Crippen LogP contribution in [0.25, 0.3) is 0 Å². The lowest BCUT2D eigenvalue weighted by molar-refractivity contribution is -0.161. The van der Waals surface area contributed by atoms with Gasteiger partial charge in [-0.25, -0.2) is 0 Å². The van der Waals surface area contributed by atoms with Crippen molar-refractivity contribution >= 4 is 28.0 Å². The molecule has 0 radical (unpaired) electrons. The second kappa shape index (κ2) is 17.7. The molecule has 2 N–H and O–H groups in total. The van der Waals surface area contributed by atoms with Crippen molar-refractivity contribution < 1.29 is 46.7 Å². The van der Waals surface area contributed by atoms with E-state index in [1.807, 2.05) is 0 Å². The van der Waals surface area contributed by atoms with E-state index in [-0.39, 0.29) is 13.0 Å². The standard InChI is InChI=1S/C25H44O10S/c1-2-3-4-5-6-7-8-9-10-11-12-13-14-15-22(27)33-18-25(17-26)19-34-23(28)16-21(36(30,31)32)24(29)35-20-25/h21,26H,2-20H2,1H3,(H,30,31,32). The summed E-state index contributed by atoms with van der Waals surface area (Å²) in [4.78, 5) is 36.1. The molecule has 1 saturated heterocycles. The van der Waals surface area contributed by atoms with E-state index in [9.17, 15) is 27.9 Å². The van der Waals surface area contributed by atoms with Crippen molar-refractivity contribution in [2.45, 2.75) is 108 Å². The zero-order chi connectivity index (χ0) is 26.9. The molecule has 0 bridgehead atoms. The van der Waals surface area contributed by atoms with Crippen LogP contribution in [-0.2, 0) is 38.7 Å². The van der Waals surface area contributed by atoms with Gasteiger partial charge >= 0.3 is 17.9 Å². The molecule has 0 spiro atoms. The minimum Gasteiger partial charge on any atom is -0.465 e. The quantitative estimate of drug-likeness (QED) is 0.115. The second-order valence-electron chi connectivity index (χ2n) is 9.79. The van der Waals surface area contributed by atoms with Crippen molar-refractivity contribution in [1.29, 1.82) is 0 Å². The van der Waals surface area contributed by atoms with Crippen molar-refractivity contribution in [3.63, 3.8) is 0 Å². The summed E-state index contributed by atoms with van der Waals surface area (Å²) < 4.78 is 47.0. The fourth-order valence-electron chi connectivity index (χ4n) is 3.93. The first-order chi connectivity index (χ1) is 17.1. The number of rotatable bonds is 18. The molecule has 1 fully saturated rings. The Bertz CT molecular complexity index is 767. The highest BCUT2D eigenvalue weighted by Gasteiger charge is 2.42. The molecule has 1 aliphatic rings. The number of aliphatic hydroxyl groups excluding tert-OH is 1. The van der Waals surface area contributed by atoms with Crippen molar-refractivity contribution in [2.24, 2.45) is 5.41 Å². The molecule has 2 unspecified atom stereocenters. The second-order valence-corrected chi connectivity index (χ2v) is 11.4. The van der Waals surface area contributed by atoms with Crippen LogP contribution in [0.2, 0.25) is 0 Å². The first-order valence-electron chi connectivity index (χ1n) is 13.2. The molecule has 11 heteroatoms. The van der Waals surface area contributed by atoms with Gasteiger partial charge in [0.25, 0.3) is 10.1 Å². The lowest BCUT2D eigenvalue weighted by atomic mass is 9.92. The molecule has 0 aliphatic carbocycles. The van der Waals surface area contributed by atoms with Crippen LogP contribution in [0.4, 0.5) is 0 Å². The maximum Gasteiger partial charge on any atom is 0.327 e. The molecule has 36 heavy (non-hydrogen) atoms. The van der Waals surface area contributed by atoms with E-state index in [4.69, 9.17) is 18.8 Å². The molecule has 0 aromatic rings. The van der Waals surface area contributed by atoms with Gasteiger partial charge in [-0.1, -0.05) is 84.0 Å². The van der Waals surface area contributed by atoms with Crippen LogP contribution in [0.1, 0.15) is 103 Å². The Morgan fingerprint density at radius 3 is 1.92 bits per heavy atom. The van der Waals surface area contributed by atoms with E-state index < -0.39 is 64.9 Å². The number of hydrogen-bond acceptors (Lipinski definition) is 9. The van der Waals surface area contributed by atoms with Crippen LogP contribution >= 0.6 is 0 Å². The van der Waals surface area contributed by atoms with E-state index in [1.165, 1.54) is 57.8 Å². The molecule has 210 valence electrons. The molecule has 0 saturated carbocycles.